The number of amides is 1. The smallest absolute Gasteiger partial charge is 0.258 e. The molecule has 8 nitrogen and oxygen atoms in total. The normalized spacial score (nSPS) is 14.7. The van der Waals surface area contributed by atoms with Crippen molar-refractivity contribution in [3.05, 3.63) is 81.2 Å². The van der Waals surface area contributed by atoms with Gasteiger partial charge in [-0.25, -0.2) is 4.98 Å². The number of pyridine rings is 3. The third-order valence-corrected chi connectivity index (χ3v) is 7.92. The van der Waals surface area contributed by atoms with Crippen LogP contribution in [0.5, 0.6) is 0 Å². The molecular weight excluding hydrogens is 496 g/mol. The van der Waals surface area contributed by atoms with Gasteiger partial charge in [-0.2, -0.15) is 0 Å². The van der Waals surface area contributed by atoms with Crippen LogP contribution < -0.4 is 15.6 Å². The van der Waals surface area contributed by atoms with Crippen LogP contribution in [0.2, 0.25) is 5.02 Å². The van der Waals surface area contributed by atoms with E-state index in [-0.39, 0.29) is 17.5 Å². The van der Waals surface area contributed by atoms with E-state index >= 15 is 0 Å². The average Bonchev–Trinajstić information content (AvgIpc) is 3.26. The molecule has 1 fully saturated rings. The maximum absolute atomic E-state index is 13.7. The van der Waals surface area contributed by atoms with Gasteiger partial charge in [0.25, 0.3) is 5.91 Å². The van der Waals surface area contributed by atoms with E-state index in [2.05, 4.69) is 27.1 Å². The predicted octanol–water partition coefficient (Wildman–Crippen LogP) is 3.79. The second kappa shape index (κ2) is 9.16. The Hall–Kier alpha value is -3.53. The van der Waals surface area contributed by atoms with E-state index < -0.39 is 5.91 Å². The largest absolute Gasteiger partial charge is 0.354 e. The number of fused-ring (bicyclic) bond motifs is 5. The van der Waals surface area contributed by atoms with Gasteiger partial charge in [-0.15, -0.1) is 11.3 Å². The van der Waals surface area contributed by atoms with E-state index in [0.717, 1.165) is 42.2 Å². The fourth-order valence-corrected chi connectivity index (χ4v) is 5.90. The quantitative estimate of drug-likeness (QED) is 0.390. The van der Waals surface area contributed by atoms with Crippen LogP contribution >= 0.6 is 22.9 Å². The molecule has 10 heteroatoms. The zero-order valence-electron chi connectivity index (χ0n) is 19.6. The molecule has 182 valence electrons. The first kappa shape index (κ1) is 22.9. The summed E-state index contributed by atoms with van der Waals surface area (Å²) in [6, 6.07) is 14.7. The number of hydrogen-bond donors (Lipinski definition) is 1. The topological polar surface area (TPSA) is 82.8 Å². The van der Waals surface area contributed by atoms with Gasteiger partial charge in [-0.05, 0) is 49.5 Å². The number of hydrogen-bond acceptors (Lipinski definition) is 7. The summed E-state index contributed by atoms with van der Waals surface area (Å²) in [6.45, 7) is 3.83. The number of carbonyl (C=O) groups is 1. The highest BCUT2D eigenvalue weighted by Gasteiger charge is 2.24. The van der Waals surface area contributed by atoms with Gasteiger partial charge in [-0.3, -0.25) is 19.0 Å². The maximum Gasteiger partial charge on any atom is 0.258 e. The number of piperazine rings is 1. The van der Waals surface area contributed by atoms with Crippen molar-refractivity contribution in [2.75, 3.05) is 38.1 Å². The summed E-state index contributed by atoms with van der Waals surface area (Å²) in [4.78, 5) is 41.3. The molecule has 6 rings (SSSR count). The number of nitrogens with zero attached hydrogens (tertiary/aromatic N) is 5. The molecule has 1 N–H and O–H groups in total. The molecule has 1 aromatic carbocycles. The van der Waals surface area contributed by atoms with Gasteiger partial charge in [0.05, 0.1) is 27.8 Å². The zero-order valence-corrected chi connectivity index (χ0v) is 21.1. The summed E-state index contributed by atoms with van der Waals surface area (Å²) >= 11 is 7.74. The van der Waals surface area contributed by atoms with Gasteiger partial charge in [0.2, 0.25) is 5.43 Å². The third-order valence-electron chi connectivity index (χ3n) is 6.54. The Balaban J connectivity index is 1.54. The lowest BCUT2D eigenvalue weighted by molar-refractivity contribution is 0.0951. The zero-order chi connectivity index (χ0) is 24.8. The lowest BCUT2D eigenvalue weighted by Crippen LogP contribution is -2.44. The molecule has 0 saturated carbocycles. The van der Waals surface area contributed by atoms with Crippen molar-refractivity contribution in [3.8, 4) is 0 Å². The van der Waals surface area contributed by atoms with E-state index in [1.807, 2.05) is 46.9 Å². The highest BCUT2D eigenvalue weighted by molar-refractivity contribution is 7.24. The van der Waals surface area contributed by atoms with Gasteiger partial charge >= 0.3 is 0 Å². The molecule has 36 heavy (non-hydrogen) atoms. The van der Waals surface area contributed by atoms with Crippen LogP contribution in [0.15, 0.2) is 59.5 Å². The van der Waals surface area contributed by atoms with Crippen LogP contribution in [-0.2, 0) is 6.54 Å². The van der Waals surface area contributed by atoms with E-state index in [1.54, 1.807) is 12.3 Å². The molecule has 5 heterocycles. The van der Waals surface area contributed by atoms with Gasteiger partial charge < -0.3 is 15.1 Å². The van der Waals surface area contributed by atoms with E-state index in [0.29, 0.717) is 26.6 Å². The van der Waals surface area contributed by atoms with Crippen LogP contribution in [-0.4, -0.2) is 58.4 Å². The molecule has 0 spiro atoms. The van der Waals surface area contributed by atoms with Crippen molar-refractivity contribution in [2.45, 2.75) is 6.54 Å². The van der Waals surface area contributed by atoms with Crippen LogP contribution in [0.25, 0.3) is 26.1 Å². The number of likely N-dealkylation sites (N-methyl/N-ethyl adjacent to an activating group) is 1. The minimum absolute atomic E-state index is 0.102. The number of nitrogens with one attached hydrogen (secondary N) is 1. The molecule has 1 aliphatic heterocycles. The van der Waals surface area contributed by atoms with Gasteiger partial charge in [0, 0.05) is 37.4 Å². The fourth-order valence-electron chi connectivity index (χ4n) is 4.58. The lowest BCUT2D eigenvalue weighted by Gasteiger charge is -2.33. The summed E-state index contributed by atoms with van der Waals surface area (Å²) in [7, 11) is 2.11. The summed E-state index contributed by atoms with van der Waals surface area (Å²) in [5, 5.41) is 3.84. The Bertz CT molecular complexity index is 1680. The predicted molar refractivity (Wildman–Crippen MR) is 144 cm³/mol. The molecule has 5 aromatic rings. The number of thiazole rings is 1. The number of rotatable bonds is 4. The SMILES string of the molecule is CN1CCN(c2ccc3c(=O)c(C(=O)NCc4ccccn4)c4sc5ccc(Cl)cc5n4c3n2)CC1. The van der Waals surface area contributed by atoms with Crippen LogP contribution in [0.1, 0.15) is 16.1 Å². The van der Waals surface area contributed by atoms with Gasteiger partial charge in [-0.1, -0.05) is 17.7 Å². The van der Waals surface area contributed by atoms with Crippen molar-refractivity contribution in [3.63, 3.8) is 0 Å². The first-order chi connectivity index (χ1) is 17.5. The molecule has 0 atom stereocenters. The van der Waals surface area contributed by atoms with E-state index in [4.69, 9.17) is 16.6 Å². The molecular formula is C26H23ClN6O2S. The molecule has 0 bridgehead atoms. The Kier molecular flexibility index (Phi) is 5.83. The molecule has 0 aliphatic carbocycles. The Morgan fingerprint density at radius 3 is 2.72 bits per heavy atom. The second-order valence-corrected chi connectivity index (χ2v) is 10.4. The maximum atomic E-state index is 13.7. The Labute approximate surface area is 215 Å². The van der Waals surface area contributed by atoms with E-state index in [9.17, 15) is 9.59 Å². The molecule has 1 amide bonds. The van der Waals surface area contributed by atoms with Gasteiger partial charge in [0.1, 0.15) is 16.2 Å². The summed E-state index contributed by atoms with van der Waals surface area (Å²) in [6.07, 6.45) is 1.67. The number of aromatic nitrogens is 3. The number of benzene rings is 1. The third kappa shape index (κ3) is 3.99. The van der Waals surface area contributed by atoms with Crippen LogP contribution in [0.3, 0.4) is 0 Å². The highest BCUT2D eigenvalue weighted by atomic mass is 35.5. The van der Waals surface area contributed by atoms with Crippen molar-refractivity contribution in [1.82, 2.24) is 24.6 Å². The molecule has 0 radical (unpaired) electrons. The highest BCUT2D eigenvalue weighted by Crippen LogP contribution is 2.33. The minimum atomic E-state index is -0.439. The number of carbonyl (C=O) groups excluding carboxylic acids is 1. The number of halogens is 1. The molecule has 1 saturated heterocycles. The minimum Gasteiger partial charge on any atom is -0.354 e. The standard InChI is InChI=1S/C26H23ClN6O2S/c1-31-10-12-32(13-11-31)21-8-6-18-23(34)22(25(35)29-15-17-4-2-3-9-28-17)26-33(24(18)30-21)19-14-16(27)5-7-20(19)36-26/h2-9,14H,10-13,15H2,1H3,(H,29,35). The van der Waals surface area contributed by atoms with Gasteiger partial charge in [0.15, 0.2) is 5.65 Å². The summed E-state index contributed by atoms with van der Waals surface area (Å²) in [5.41, 5.74) is 1.82. The first-order valence-corrected chi connectivity index (χ1v) is 12.9. The molecule has 4 aromatic heterocycles. The Morgan fingerprint density at radius 2 is 1.94 bits per heavy atom. The van der Waals surface area contributed by atoms with Crippen LogP contribution in [0, 0.1) is 0 Å². The lowest BCUT2D eigenvalue weighted by atomic mass is 10.1. The van der Waals surface area contributed by atoms with Crippen LogP contribution in [0.4, 0.5) is 5.82 Å². The summed E-state index contributed by atoms with van der Waals surface area (Å²) < 4.78 is 2.81. The van der Waals surface area contributed by atoms with Crippen molar-refractivity contribution < 1.29 is 4.79 Å². The molecule has 1 aliphatic rings. The number of anilines is 1. The van der Waals surface area contributed by atoms with Crippen molar-refractivity contribution in [2.24, 2.45) is 0 Å². The molecule has 0 unspecified atom stereocenters. The Morgan fingerprint density at radius 1 is 1.11 bits per heavy atom. The summed E-state index contributed by atoms with van der Waals surface area (Å²) in [5.74, 6) is 0.378. The average molecular weight is 519 g/mol. The second-order valence-electron chi connectivity index (χ2n) is 8.89. The first-order valence-electron chi connectivity index (χ1n) is 11.7. The fraction of sp³-hybridized carbons (Fsp3) is 0.231. The monoisotopic (exact) mass is 518 g/mol. The van der Waals surface area contributed by atoms with Crippen molar-refractivity contribution in [1.29, 1.82) is 0 Å². The van der Waals surface area contributed by atoms with E-state index in [1.165, 1.54) is 11.3 Å². The van der Waals surface area contributed by atoms with Crippen molar-refractivity contribution >= 4 is 60.7 Å².